The molecule has 34 heavy (non-hydrogen) atoms. The largest absolute Gasteiger partial charge is 0.494 e. The van der Waals surface area contributed by atoms with E-state index in [2.05, 4.69) is 0 Å². The van der Waals surface area contributed by atoms with Gasteiger partial charge in [-0.2, -0.15) is 0 Å². The summed E-state index contributed by atoms with van der Waals surface area (Å²) in [4.78, 5) is 36.4. The minimum atomic E-state index is -0.500. The number of aromatic nitrogens is 1. The molecule has 7 nitrogen and oxygen atoms in total. The van der Waals surface area contributed by atoms with E-state index in [1.807, 2.05) is 38.1 Å². The molecule has 0 N–H and O–H groups in total. The molecule has 182 valence electrons. The summed E-state index contributed by atoms with van der Waals surface area (Å²) in [6, 6.07) is 9.61. The van der Waals surface area contributed by atoms with Crippen LogP contribution >= 0.6 is 23.7 Å². The second-order valence-corrected chi connectivity index (χ2v) is 9.41. The molecule has 1 aliphatic heterocycles. The molecule has 0 saturated carbocycles. The first-order chi connectivity index (χ1) is 15.8. The molecule has 2 heterocycles. The molecule has 1 aromatic heterocycles. The van der Waals surface area contributed by atoms with Gasteiger partial charge in [0.25, 0.3) is 0 Å². The third-order valence-electron chi connectivity index (χ3n) is 5.79. The second kappa shape index (κ2) is 10.7. The van der Waals surface area contributed by atoms with Crippen LogP contribution in [-0.4, -0.2) is 62.5 Å². The van der Waals surface area contributed by atoms with Crippen LogP contribution in [0.4, 0.5) is 15.2 Å². The third-order valence-corrected chi connectivity index (χ3v) is 7.01. The summed E-state index contributed by atoms with van der Waals surface area (Å²) < 4.78 is 19.8. The van der Waals surface area contributed by atoms with Crippen molar-refractivity contribution in [3.8, 4) is 5.75 Å². The van der Waals surface area contributed by atoms with Crippen LogP contribution in [0, 0.1) is 18.7 Å². The lowest BCUT2D eigenvalue weighted by Gasteiger charge is -2.24. The molecule has 1 saturated heterocycles. The zero-order valence-electron chi connectivity index (χ0n) is 19.6. The Labute approximate surface area is 208 Å². The van der Waals surface area contributed by atoms with E-state index >= 15 is 0 Å². The van der Waals surface area contributed by atoms with Crippen LogP contribution in [0.1, 0.15) is 12.0 Å². The Morgan fingerprint density at radius 3 is 2.56 bits per heavy atom. The van der Waals surface area contributed by atoms with Gasteiger partial charge in [-0.3, -0.25) is 14.5 Å². The summed E-state index contributed by atoms with van der Waals surface area (Å²) in [5.74, 6) is -0.481. The quantitative estimate of drug-likeness (QED) is 0.482. The first-order valence-corrected chi connectivity index (χ1v) is 11.6. The monoisotopic (exact) mass is 506 g/mol. The van der Waals surface area contributed by atoms with Crippen molar-refractivity contribution in [3.63, 3.8) is 0 Å². The normalized spacial score (nSPS) is 15.6. The van der Waals surface area contributed by atoms with Crippen molar-refractivity contribution in [1.82, 2.24) is 9.88 Å². The number of hydrogen-bond acceptors (Lipinski definition) is 6. The number of amides is 2. The van der Waals surface area contributed by atoms with E-state index < -0.39 is 5.92 Å². The standard InChI is InChI=1S/C24H27FN4O3S.ClH/c1-15-5-10-19(32-4)21-22(15)33-24(26-21)28(12-11-27(2)3)23(31)16-13-20(30)29(14-16)18-8-6-17(25)7-9-18;/h5-10,16H,11-14H2,1-4H3;1H. The lowest BCUT2D eigenvalue weighted by atomic mass is 10.1. The van der Waals surface area contributed by atoms with E-state index in [0.29, 0.717) is 29.7 Å². The number of rotatable bonds is 7. The van der Waals surface area contributed by atoms with Gasteiger partial charge < -0.3 is 14.5 Å². The van der Waals surface area contributed by atoms with Gasteiger partial charge in [-0.05, 0) is 56.9 Å². The Bertz CT molecular complexity index is 1180. The Kier molecular flexibility index (Phi) is 8.12. The molecule has 10 heteroatoms. The minimum Gasteiger partial charge on any atom is -0.494 e. The molecule has 2 aromatic carbocycles. The number of aryl methyl sites for hydroxylation is 1. The Hall–Kier alpha value is -2.75. The van der Waals surface area contributed by atoms with E-state index in [1.165, 1.54) is 23.5 Å². The fourth-order valence-corrected chi connectivity index (χ4v) is 5.03. The van der Waals surface area contributed by atoms with Gasteiger partial charge in [0.2, 0.25) is 11.8 Å². The smallest absolute Gasteiger partial charge is 0.234 e. The average Bonchev–Trinajstić information content (AvgIpc) is 3.39. The fourth-order valence-electron chi connectivity index (χ4n) is 3.94. The highest BCUT2D eigenvalue weighted by atomic mass is 35.5. The molecular weight excluding hydrogens is 479 g/mol. The highest BCUT2D eigenvalue weighted by Gasteiger charge is 2.38. The molecule has 1 aliphatic rings. The topological polar surface area (TPSA) is 66.0 Å². The van der Waals surface area contributed by atoms with Crippen molar-refractivity contribution >= 4 is 56.6 Å². The van der Waals surface area contributed by atoms with Crippen LogP contribution in [-0.2, 0) is 9.59 Å². The van der Waals surface area contributed by atoms with Crippen molar-refractivity contribution in [3.05, 3.63) is 47.8 Å². The Morgan fingerprint density at radius 1 is 1.21 bits per heavy atom. The molecule has 0 radical (unpaired) electrons. The van der Waals surface area contributed by atoms with Crippen LogP contribution in [0.2, 0.25) is 0 Å². The highest BCUT2D eigenvalue weighted by Crippen LogP contribution is 2.37. The lowest BCUT2D eigenvalue weighted by Crippen LogP contribution is -2.41. The summed E-state index contributed by atoms with van der Waals surface area (Å²) >= 11 is 1.46. The van der Waals surface area contributed by atoms with Crippen molar-refractivity contribution < 1.29 is 18.7 Å². The van der Waals surface area contributed by atoms with Crippen LogP contribution in [0.15, 0.2) is 36.4 Å². The number of likely N-dealkylation sites (N-methyl/N-ethyl adjacent to an activating group) is 1. The number of carbonyl (C=O) groups is 2. The summed E-state index contributed by atoms with van der Waals surface area (Å²) in [6.07, 6.45) is 0.113. The minimum absolute atomic E-state index is 0. The van der Waals surface area contributed by atoms with Crippen molar-refractivity contribution in [1.29, 1.82) is 0 Å². The number of halogens is 2. The number of thiazole rings is 1. The average molecular weight is 507 g/mol. The van der Waals surface area contributed by atoms with Crippen LogP contribution < -0.4 is 14.5 Å². The second-order valence-electron chi connectivity index (χ2n) is 8.43. The van der Waals surface area contributed by atoms with E-state index in [4.69, 9.17) is 9.72 Å². The first kappa shape index (κ1) is 25.9. The SMILES string of the molecule is COc1ccc(C)c2sc(N(CCN(C)C)C(=O)C3CC(=O)N(c4ccc(F)cc4)C3)nc12.Cl. The van der Waals surface area contributed by atoms with Crippen LogP contribution in [0.5, 0.6) is 5.75 Å². The number of ether oxygens (including phenoxy) is 1. The van der Waals surface area contributed by atoms with Gasteiger partial charge in [0.15, 0.2) is 5.13 Å². The zero-order valence-corrected chi connectivity index (χ0v) is 21.2. The lowest BCUT2D eigenvalue weighted by molar-refractivity contribution is -0.124. The van der Waals surface area contributed by atoms with Crippen molar-refractivity contribution in [2.75, 3.05) is 50.6 Å². The summed E-state index contributed by atoms with van der Waals surface area (Å²) in [5.41, 5.74) is 2.39. The van der Waals surface area contributed by atoms with E-state index in [-0.39, 0.29) is 43.0 Å². The molecule has 1 atom stereocenters. The van der Waals surface area contributed by atoms with Gasteiger partial charge in [-0.1, -0.05) is 17.4 Å². The predicted octanol–water partition coefficient (Wildman–Crippen LogP) is 4.12. The predicted molar refractivity (Wildman–Crippen MR) is 136 cm³/mol. The number of carbonyl (C=O) groups excluding carboxylic acids is 2. The maximum Gasteiger partial charge on any atom is 0.234 e. The zero-order chi connectivity index (χ0) is 23.7. The summed E-state index contributed by atoms with van der Waals surface area (Å²) in [7, 11) is 5.50. The first-order valence-electron chi connectivity index (χ1n) is 10.7. The number of methoxy groups -OCH3 is 1. The van der Waals surface area contributed by atoms with Gasteiger partial charge in [-0.15, -0.1) is 12.4 Å². The van der Waals surface area contributed by atoms with E-state index in [9.17, 15) is 14.0 Å². The molecule has 0 spiro atoms. The number of anilines is 2. The van der Waals surface area contributed by atoms with E-state index in [1.54, 1.807) is 29.0 Å². The van der Waals surface area contributed by atoms with Crippen LogP contribution in [0.25, 0.3) is 10.2 Å². The molecule has 2 amide bonds. The Morgan fingerprint density at radius 2 is 1.91 bits per heavy atom. The molecule has 0 bridgehead atoms. The van der Waals surface area contributed by atoms with E-state index in [0.717, 1.165) is 15.8 Å². The molecule has 0 aliphatic carbocycles. The molecular formula is C24H28ClFN4O3S. The molecule has 4 rings (SSSR count). The number of fused-ring (bicyclic) bond motifs is 1. The summed E-state index contributed by atoms with van der Waals surface area (Å²) in [5, 5.41) is 0.595. The summed E-state index contributed by atoms with van der Waals surface area (Å²) in [6.45, 7) is 3.37. The van der Waals surface area contributed by atoms with Crippen molar-refractivity contribution in [2.24, 2.45) is 5.92 Å². The van der Waals surface area contributed by atoms with Gasteiger partial charge in [-0.25, -0.2) is 9.37 Å². The van der Waals surface area contributed by atoms with Gasteiger partial charge in [0.05, 0.1) is 17.7 Å². The van der Waals surface area contributed by atoms with Gasteiger partial charge in [0.1, 0.15) is 17.1 Å². The number of nitrogens with zero attached hydrogens (tertiary/aromatic N) is 4. The van der Waals surface area contributed by atoms with Crippen molar-refractivity contribution in [2.45, 2.75) is 13.3 Å². The number of benzene rings is 2. The number of hydrogen-bond donors (Lipinski definition) is 0. The van der Waals surface area contributed by atoms with Gasteiger partial charge >= 0.3 is 0 Å². The van der Waals surface area contributed by atoms with Gasteiger partial charge in [0, 0.05) is 31.7 Å². The maximum atomic E-state index is 13.7. The Balaban J connectivity index is 0.00000324. The van der Waals surface area contributed by atoms with Crippen LogP contribution in [0.3, 0.4) is 0 Å². The maximum absolute atomic E-state index is 13.7. The fraction of sp³-hybridized carbons (Fsp3) is 0.375. The molecule has 3 aromatic rings. The molecule has 1 fully saturated rings. The molecule has 1 unspecified atom stereocenters. The highest BCUT2D eigenvalue weighted by molar-refractivity contribution is 7.22. The third kappa shape index (κ3) is 5.16.